The summed E-state index contributed by atoms with van der Waals surface area (Å²) >= 11 is 5.98. The SMILES string of the molecule is CC(C)c1ccc(CCNC(=O)C2CCN(S(=O)(=O)Cc3c(F)cccc3Cl)CC2)cc1. The summed E-state index contributed by atoms with van der Waals surface area (Å²) in [6.45, 7) is 5.33. The average molecular weight is 481 g/mol. The minimum atomic E-state index is -3.72. The number of sulfonamides is 1. The number of amides is 1. The number of rotatable bonds is 8. The van der Waals surface area contributed by atoms with Crippen LogP contribution in [0.2, 0.25) is 5.02 Å². The van der Waals surface area contributed by atoms with E-state index in [4.69, 9.17) is 11.6 Å². The first-order valence-electron chi connectivity index (χ1n) is 10.9. The van der Waals surface area contributed by atoms with Gasteiger partial charge in [0, 0.05) is 36.1 Å². The molecule has 1 aliphatic rings. The highest BCUT2D eigenvalue weighted by Crippen LogP contribution is 2.26. The average Bonchev–Trinajstić information content (AvgIpc) is 2.77. The fourth-order valence-corrected chi connectivity index (χ4v) is 5.80. The van der Waals surface area contributed by atoms with Crippen molar-refractivity contribution >= 4 is 27.5 Å². The number of benzene rings is 2. The molecule has 32 heavy (non-hydrogen) atoms. The van der Waals surface area contributed by atoms with Gasteiger partial charge in [0.25, 0.3) is 0 Å². The molecule has 8 heteroatoms. The summed E-state index contributed by atoms with van der Waals surface area (Å²) < 4.78 is 40.8. The lowest BCUT2D eigenvalue weighted by atomic mass is 9.97. The van der Waals surface area contributed by atoms with Gasteiger partial charge in [0.2, 0.25) is 15.9 Å². The lowest BCUT2D eigenvalue weighted by molar-refractivity contribution is -0.126. The maximum absolute atomic E-state index is 14.0. The molecule has 1 N–H and O–H groups in total. The highest BCUT2D eigenvalue weighted by atomic mass is 35.5. The second-order valence-corrected chi connectivity index (χ2v) is 10.9. The summed E-state index contributed by atoms with van der Waals surface area (Å²) in [7, 11) is -3.72. The third-order valence-corrected chi connectivity index (χ3v) is 8.13. The van der Waals surface area contributed by atoms with Gasteiger partial charge >= 0.3 is 0 Å². The third-order valence-electron chi connectivity index (χ3n) is 5.97. The van der Waals surface area contributed by atoms with Gasteiger partial charge in [-0.3, -0.25) is 4.79 Å². The van der Waals surface area contributed by atoms with E-state index >= 15 is 0 Å². The van der Waals surface area contributed by atoms with Crippen molar-refractivity contribution in [3.05, 3.63) is 70.0 Å². The number of halogens is 2. The number of nitrogens with zero attached hydrogens (tertiary/aromatic N) is 1. The van der Waals surface area contributed by atoms with E-state index in [9.17, 15) is 17.6 Å². The van der Waals surface area contributed by atoms with Crippen LogP contribution in [-0.2, 0) is 27.0 Å². The zero-order chi connectivity index (χ0) is 23.3. The topological polar surface area (TPSA) is 66.5 Å². The van der Waals surface area contributed by atoms with E-state index in [0.717, 1.165) is 6.42 Å². The molecule has 0 saturated carbocycles. The van der Waals surface area contributed by atoms with Crippen molar-refractivity contribution in [2.75, 3.05) is 19.6 Å². The van der Waals surface area contributed by atoms with Gasteiger partial charge in [-0.15, -0.1) is 0 Å². The lowest BCUT2D eigenvalue weighted by Crippen LogP contribution is -2.43. The number of carbonyl (C=O) groups excluding carboxylic acids is 1. The Morgan fingerprint density at radius 3 is 2.41 bits per heavy atom. The normalized spacial score (nSPS) is 15.8. The number of piperidine rings is 1. The summed E-state index contributed by atoms with van der Waals surface area (Å²) in [5.74, 6) is -0.888. The van der Waals surface area contributed by atoms with Crippen molar-refractivity contribution < 1.29 is 17.6 Å². The van der Waals surface area contributed by atoms with E-state index < -0.39 is 21.6 Å². The van der Waals surface area contributed by atoms with Crippen LogP contribution >= 0.6 is 11.6 Å². The van der Waals surface area contributed by atoms with Crippen LogP contribution in [0.25, 0.3) is 0 Å². The van der Waals surface area contributed by atoms with Crippen LogP contribution in [0, 0.1) is 11.7 Å². The van der Waals surface area contributed by atoms with Gasteiger partial charge in [0.1, 0.15) is 5.82 Å². The van der Waals surface area contributed by atoms with Crippen LogP contribution in [0.15, 0.2) is 42.5 Å². The Morgan fingerprint density at radius 2 is 1.81 bits per heavy atom. The monoisotopic (exact) mass is 480 g/mol. The number of nitrogens with one attached hydrogen (secondary N) is 1. The molecule has 1 saturated heterocycles. The molecule has 2 aromatic rings. The molecule has 0 atom stereocenters. The predicted molar refractivity (Wildman–Crippen MR) is 126 cm³/mol. The molecule has 1 fully saturated rings. The summed E-state index contributed by atoms with van der Waals surface area (Å²) in [5, 5.41) is 3.07. The number of hydrogen-bond donors (Lipinski definition) is 1. The van der Waals surface area contributed by atoms with Gasteiger partial charge in [-0.1, -0.05) is 55.8 Å². The van der Waals surface area contributed by atoms with Crippen LogP contribution in [0.1, 0.15) is 49.3 Å². The summed E-state index contributed by atoms with van der Waals surface area (Å²) in [5.41, 5.74) is 2.44. The molecule has 174 valence electrons. The van der Waals surface area contributed by atoms with Gasteiger partial charge in [-0.25, -0.2) is 17.1 Å². The minimum Gasteiger partial charge on any atom is -0.356 e. The summed E-state index contributed by atoms with van der Waals surface area (Å²) in [6.07, 6.45) is 1.64. The Bertz CT molecular complexity index is 1010. The van der Waals surface area contributed by atoms with Gasteiger partial charge < -0.3 is 5.32 Å². The molecule has 2 aromatic carbocycles. The Morgan fingerprint density at radius 1 is 1.16 bits per heavy atom. The second-order valence-electron chi connectivity index (χ2n) is 8.57. The molecule has 0 spiro atoms. The van der Waals surface area contributed by atoms with Crippen LogP contribution in [0.5, 0.6) is 0 Å². The van der Waals surface area contributed by atoms with E-state index in [2.05, 4.69) is 43.4 Å². The molecular formula is C24H30ClFN2O3S. The van der Waals surface area contributed by atoms with Crippen LogP contribution in [0.4, 0.5) is 4.39 Å². The Labute approximate surface area is 195 Å². The van der Waals surface area contributed by atoms with E-state index in [1.807, 2.05) is 0 Å². The first kappa shape index (κ1) is 24.7. The Balaban J connectivity index is 1.46. The van der Waals surface area contributed by atoms with Crippen molar-refractivity contribution in [2.24, 2.45) is 5.92 Å². The van der Waals surface area contributed by atoms with E-state index in [1.165, 1.54) is 33.6 Å². The Hall–Kier alpha value is -1.96. The molecule has 0 aromatic heterocycles. The maximum Gasteiger partial charge on any atom is 0.223 e. The molecule has 1 aliphatic heterocycles. The minimum absolute atomic E-state index is 0.0181. The van der Waals surface area contributed by atoms with E-state index in [0.29, 0.717) is 25.3 Å². The number of carbonyl (C=O) groups is 1. The fourth-order valence-electron chi connectivity index (χ4n) is 3.88. The molecule has 0 radical (unpaired) electrons. The zero-order valence-corrected chi connectivity index (χ0v) is 20.1. The first-order valence-corrected chi connectivity index (χ1v) is 12.9. The zero-order valence-electron chi connectivity index (χ0n) is 18.5. The molecule has 3 rings (SSSR count). The molecule has 5 nitrogen and oxygen atoms in total. The predicted octanol–water partition coefficient (Wildman–Crippen LogP) is 4.50. The van der Waals surface area contributed by atoms with Gasteiger partial charge in [-0.05, 0) is 48.4 Å². The quantitative estimate of drug-likeness (QED) is 0.604. The molecule has 0 unspecified atom stereocenters. The molecule has 0 aliphatic carbocycles. The van der Waals surface area contributed by atoms with Crippen molar-refractivity contribution in [1.29, 1.82) is 0 Å². The van der Waals surface area contributed by atoms with Crippen molar-refractivity contribution in [2.45, 2.75) is 44.8 Å². The third kappa shape index (κ3) is 6.30. The van der Waals surface area contributed by atoms with Gasteiger partial charge in [-0.2, -0.15) is 0 Å². The first-order chi connectivity index (χ1) is 15.2. The fraction of sp³-hybridized carbons (Fsp3) is 0.458. The largest absolute Gasteiger partial charge is 0.356 e. The Kier molecular flexibility index (Phi) is 8.31. The lowest BCUT2D eigenvalue weighted by Gasteiger charge is -2.30. The molecule has 0 bridgehead atoms. The van der Waals surface area contributed by atoms with Crippen molar-refractivity contribution in [1.82, 2.24) is 9.62 Å². The standard InChI is InChI=1S/C24H30ClFN2O3S/c1-17(2)19-8-6-18(7-9-19)10-13-27-24(29)20-11-14-28(15-12-20)32(30,31)16-21-22(25)4-3-5-23(21)26/h3-9,17,20H,10-16H2,1-2H3,(H,27,29). The van der Waals surface area contributed by atoms with E-state index in [1.54, 1.807) is 0 Å². The number of hydrogen-bond acceptors (Lipinski definition) is 3. The van der Waals surface area contributed by atoms with Gasteiger partial charge in [0.15, 0.2) is 0 Å². The summed E-state index contributed by atoms with van der Waals surface area (Å²) in [4.78, 5) is 12.5. The second kappa shape index (κ2) is 10.8. The smallest absolute Gasteiger partial charge is 0.223 e. The van der Waals surface area contributed by atoms with Crippen LogP contribution in [-0.4, -0.2) is 38.3 Å². The summed E-state index contributed by atoms with van der Waals surface area (Å²) in [6, 6.07) is 12.5. The molecule has 1 heterocycles. The highest BCUT2D eigenvalue weighted by Gasteiger charge is 2.32. The highest BCUT2D eigenvalue weighted by molar-refractivity contribution is 7.88. The van der Waals surface area contributed by atoms with Crippen molar-refractivity contribution in [3.63, 3.8) is 0 Å². The van der Waals surface area contributed by atoms with Crippen LogP contribution < -0.4 is 5.32 Å². The van der Waals surface area contributed by atoms with E-state index in [-0.39, 0.29) is 35.5 Å². The van der Waals surface area contributed by atoms with Crippen molar-refractivity contribution in [3.8, 4) is 0 Å². The maximum atomic E-state index is 14.0. The molecule has 1 amide bonds. The molecular weight excluding hydrogens is 451 g/mol. The van der Waals surface area contributed by atoms with Gasteiger partial charge in [0.05, 0.1) is 5.75 Å². The van der Waals surface area contributed by atoms with Crippen LogP contribution in [0.3, 0.4) is 0 Å².